The fourth-order valence-electron chi connectivity index (χ4n) is 0.728. The summed E-state index contributed by atoms with van der Waals surface area (Å²) in [6.07, 6.45) is -7.34. The minimum atomic E-state index is -4.57. The Labute approximate surface area is 75.9 Å². The Bertz CT molecular complexity index is 144. The number of halogens is 3. The minimum absolute atomic E-state index is 0.424. The summed E-state index contributed by atoms with van der Waals surface area (Å²) in [5.74, 6) is 0. The summed E-state index contributed by atoms with van der Waals surface area (Å²) in [4.78, 5) is 0. The highest BCUT2D eigenvalue weighted by Gasteiger charge is 2.40. The Hall–Kier alpha value is -0.290. The fourth-order valence-corrected chi connectivity index (χ4v) is 0.728. The number of rotatable bonds is 2. The summed E-state index contributed by atoms with van der Waals surface area (Å²) in [5.41, 5.74) is 5.06. The molecule has 2 atom stereocenters. The van der Waals surface area contributed by atoms with E-state index in [1.165, 1.54) is 0 Å². The van der Waals surface area contributed by atoms with Crippen LogP contribution in [0.1, 0.15) is 27.2 Å². The first kappa shape index (κ1) is 12.7. The average Bonchev–Trinajstić information content (AvgIpc) is 1.82. The van der Waals surface area contributed by atoms with Crippen LogP contribution in [-0.4, -0.2) is 23.4 Å². The lowest BCUT2D eigenvalue weighted by Crippen LogP contribution is -2.42. The normalized spacial score (nSPS) is 18.5. The van der Waals surface area contributed by atoms with Crippen molar-refractivity contribution < 1.29 is 18.3 Å². The minimum Gasteiger partial charge on any atom is -0.384 e. The van der Waals surface area contributed by atoms with Crippen LogP contribution < -0.4 is 5.73 Å². The molecule has 0 aromatic rings. The van der Waals surface area contributed by atoms with E-state index in [1.807, 2.05) is 0 Å². The zero-order chi connectivity index (χ0) is 10.9. The van der Waals surface area contributed by atoms with Crippen molar-refractivity contribution in [3.05, 3.63) is 0 Å². The predicted octanol–water partition coefficient (Wildman–Crippen LogP) is 1.67. The molecule has 0 rings (SSSR count). The van der Waals surface area contributed by atoms with E-state index < -0.39 is 30.2 Å². The maximum atomic E-state index is 11.9. The molecule has 0 saturated carbocycles. The third kappa shape index (κ3) is 4.47. The highest BCUT2D eigenvalue weighted by Crippen LogP contribution is 2.27. The maximum absolute atomic E-state index is 11.9. The standard InChI is InChI=1S/C8H16F3NO/c1-7(2,3)5(12)4-6(13)8(9,10)11/h5-6,13H,4,12H2,1-3H3/t5-,6+/m1/s1. The third-order valence-corrected chi connectivity index (χ3v) is 1.97. The summed E-state index contributed by atoms with van der Waals surface area (Å²) in [5, 5.41) is 8.71. The van der Waals surface area contributed by atoms with Crippen LogP contribution in [0.5, 0.6) is 0 Å². The molecule has 0 bridgehead atoms. The van der Waals surface area contributed by atoms with E-state index in [2.05, 4.69) is 0 Å². The van der Waals surface area contributed by atoms with Crippen molar-refractivity contribution in [2.24, 2.45) is 11.1 Å². The second kappa shape index (κ2) is 3.84. The summed E-state index contributed by atoms with van der Waals surface area (Å²) in [6.45, 7) is 5.21. The topological polar surface area (TPSA) is 46.2 Å². The number of nitrogens with two attached hydrogens (primary N) is 1. The van der Waals surface area contributed by atoms with Crippen molar-refractivity contribution in [3.63, 3.8) is 0 Å². The van der Waals surface area contributed by atoms with E-state index in [-0.39, 0.29) is 0 Å². The lowest BCUT2D eigenvalue weighted by Gasteiger charge is -2.29. The SMILES string of the molecule is CC(C)(C)[C@H](N)C[C@H](O)C(F)(F)F. The Morgan fingerprint density at radius 3 is 1.85 bits per heavy atom. The second-order valence-corrected chi connectivity index (χ2v) is 4.27. The molecule has 0 aromatic heterocycles. The van der Waals surface area contributed by atoms with Gasteiger partial charge in [0.2, 0.25) is 0 Å². The highest BCUT2D eigenvalue weighted by molar-refractivity contribution is 4.81. The molecule has 0 aliphatic carbocycles. The van der Waals surface area contributed by atoms with Gasteiger partial charge in [-0.05, 0) is 11.8 Å². The fraction of sp³-hybridized carbons (Fsp3) is 1.00. The second-order valence-electron chi connectivity index (χ2n) is 4.27. The lowest BCUT2D eigenvalue weighted by molar-refractivity contribution is -0.207. The van der Waals surface area contributed by atoms with Gasteiger partial charge in [-0.2, -0.15) is 13.2 Å². The van der Waals surface area contributed by atoms with E-state index in [1.54, 1.807) is 20.8 Å². The largest absolute Gasteiger partial charge is 0.414 e. The van der Waals surface area contributed by atoms with Gasteiger partial charge >= 0.3 is 6.18 Å². The molecule has 0 spiro atoms. The molecule has 80 valence electrons. The molecule has 0 saturated heterocycles. The van der Waals surface area contributed by atoms with Crippen LogP contribution in [0.2, 0.25) is 0 Å². The van der Waals surface area contributed by atoms with E-state index in [9.17, 15) is 13.2 Å². The smallest absolute Gasteiger partial charge is 0.384 e. The summed E-state index contributed by atoms with van der Waals surface area (Å²) in [7, 11) is 0. The molecule has 3 N–H and O–H groups in total. The van der Waals surface area contributed by atoms with E-state index >= 15 is 0 Å². The number of hydrogen-bond acceptors (Lipinski definition) is 2. The van der Waals surface area contributed by atoms with Gasteiger partial charge in [0, 0.05) is 6.04 Å². The Morgan fingerprint density at radius 2 is 1.62 bits per heavy atom. The number of hydrogen-bond donors (Lipinski definition) is 2. The van der Waals surface area contributed by atoms with Gasteiger partial charge in [-0.15, -0.1) is 0 Å². The van der Waals surface area contributed by atoms with Gasteiger partial charge in [0.1, 0.15) is 0 Å². The monoisotopic (exact) mass is 199 g/mol. The summed E-state index contributed by atoms with van der Waals surface area (Å²) < 4.78 is 35.7. The molecular weight excluding hydrogens is 183 g/mol. The molecule has 0 radical (unpaired) electrons. The molecule has 0 aliphatic heterocycles. The molecule has 0 fully saturated rings. The van der Waals surface area contributed by atoms with Gasteiger partial charge in [0.15, 0.2) is 6.10 Å². The van der Waals surface area contributed by atoms with Crippen molar-refractivity contribution in [2.45, 2.75) is 45.5 Å². The molecule has 0 aliphatic rings. The molecule has 0 aromatic carbocycles. The van der Waals surface area contributed by atoms with E-state index in [4.69, 9.17) is 10.8 Å². The molecule has 0 amide bonds. The first-order valence-electron chi connectivity index (χ1n) is 4.05. The predicted molar refractivity (Wildman–Crippen MR) is 44.1 cm³/mol. The zero-order valence-corrected chi connectivity index (χ0v) is 8.02. The van der Waals surface area contributed by atoms with Gasteiger partial charge in [0.05, 0.1) is 0 Å². The molecule has 13 heavy (non-hydrogen) atoms. The van der Waals surface area contributed by atoms with Gasteiger partial charge in [-0.25, -0.2) is 0 Å². The Balaban J connectivity index is 4.15. The first-order chi connectivity index (χ1) is 5.55. The van der Waals surface area contributed by atoms with Gasteiger partial charge in [-0.1, -0.05) is 20.8 Å². The van der Waals surface area contributed by atoms with Crippen LogP contribution in [0.4, 0.5) is 13.2 Å². The molecule has 0 heterocycles. The highest BCUT2D eigenvalue weighted by atomic mass is 19.4. The Kier molecular flexibility index (Phi) is 3.75. The zero-order valence-electron chi connectivity index (χ0n) is 8.02. The molecule has 0 unspecified atom stereocenters. The van der Waals surface area contributed by atoms with Crippen molar-refractivity contribution >= 4 is 0 Å². The molecule has 2 nitrogen and oxygen atoms in total. The van der Waals surface area contributed by atoms with Crippen LogP contribution in [0.25, 0.3) is 0 Å². The van der Waals surface area contributed by atoms with Crippen LogP contribution in [0.3, 0.4) is 0 Å². The molecule has 5 heteroatoms. The number of alkyl halides is 3. The quantitative estimate of drug-likeness (QED) is 0.710. The van der Waals surface area contributed by atoms with E-state index in [0.717, 1.165) is 0 Å². The van der Waals surface area contributed by atoms with Gasteiger partial charge < -0.3 is 10.8 Å². The lowest BCUT2D eigenvalue weighted by atomic mass is 9.84. The van der Waals surface area contributed by atoms with Crippen molar-refractivity contribution in [3.8, 4) is 0 Å². The third-order valence-electron chi connectivity index (χ3n) is 1.97. The first-order valence-corrected chi connectivity index (χ1v) is 4.05. The van der Waals surface area contributed by atoms with Crippen molar-refractivity contribution in [1.82, 2.24) is 0 Å². The Morgan fingerprint density at radius 1 is 1.23 bits per heavy atom. The van der Waals surface area contributed by atoms with Crippen LogP contribution >= 0.6 is 0 Å². The molecular formula is C8H16F3NO. The van der Waals surface area contributed by atoms with Gasteiger partial charge in [-0.3, -0.25) is 0 Å². The number of aliphatic hydroxyl groups excluding tert-OH is 1. The van der Waals surface area contributed by atoms with Crippen molar-refractivity contribution in [2.75, 3.05) is 0 Å². The van der Waals surface area contributed by atoms with Crippen LogP contribution in [0, 0.1) is 5.41 Å². The summed E-state index contributed by atoms with van der Waals surface area (Å²) >= 11 is 0. The maximum Gasteiger partial charge on any atom is 0.414 e. The number of aliphatic hydroxyl groups is 1. The van der Waals surface area contributed by atoms with Gasteiger partial charge in [0.25, 0.3) is 0 Å². The van der Waals surface area contributed by atoms with Crippen LogP contribution in [0.15, 0.2) is 0 Å². The van der Waals surface area contributed by atoms with E-state index in [0.29, 0.717) is 0 Å². The summed E-state index contributed by atoms with van der Waals surface area (Å²) in [6, 6.07) is -0.663. The van der Waals surface area contributed by atoms with Crippen molar-refractivity contribution in [1.29, 1.82) is 0 Å². The average molecular weight is 199 g/mol. The van der Waals surface area contributed by atoms with Crippen LogP contribution in [-0.2, 0) is 0 Å².